The Morgan fingerprint density at radius 1 is 0.533 bits per heavy atom. The van der Waals surface area contributed by atoms with E-state index in [1.807, 2.05) is 11.3 Å². The molecule has 2 heteroatoms. The van der Waals surface area contributed by atoms with Crippen LogP contribution in [-0.4, -0.2) is 0 Å². The lowest BCUT2D eigenvalue weighted by Crippen LogP contribution is -1.91. The maximum absolute atomic E-state index is 3.65. The molecule has 0 spiro atoms. The van der Waals surface area contributed by atoms with Gasteiger partial charge in [0.1, 0.15) is 0 Å². The molecule has 0 amide bonds. The zero-order valence-electron chi connectivity index (χ0n) is 16.3. The molecule has 0 saturated carbocycles. The van der Waals surface area contributed by atoms with E-state index >= 15 is 0 Å². The summed E-state index contributed by atoms with van der Waals surface area (Å²) in [4.78, 5) is 0. The molecule has 0 atom stereocenters. The third-order valence-electron chi connectivity index (χ3n) is 5.67. The molecule has 0 radical (unpaired) electrons. The van der Waals surface area contributed by atoms with Crippen molar-refractivity contribution in [2.24, 2.45) is 0 Å². The molecule has 6 aromatic rings. The van der Waals surface area contributed by atoms with Crippen LogP contribution in [0, 0.1) is 0 Å². The molecule has 0 unspecified atom stereocenters. The van der Waals surface area contributed by atoms with Gasteiger partial charge in [0.15, 0.2) is 0 Å². The van der Waals surface area contributed by atoms with Gasteiger partial charge in [-0.25, -0.2) is 0 Å². The zero-order valence-corrected chi connectivity index (χ0v) is 17.1. The number of benzene rings is 5. The quantitative estimate of drug-likeness (QED) is 0.313. The van der Waals surface area contributed by atoms with Gasteiger partial charge >= 0.3 is 0 Å². The Hall–Kier alpha value is -3.62. The number of anilines is 2. The van der Waals surface area contributed by atoms with Crippen molar-refractivity contribution >= 4 is 53.7 Å². The summed E-state index contributed by atoms with van der Waals surface area (Å²) in [5.74, 6) is 0. The highest BCUT2D eigenvalue weighted by Gasteiger charge is 2.09. The first-order valence-corrected chi connectivity index (χ1v) is 10.9. The van der Waals surface area contributed by atoms with E-state index in [-0.39, 0.29) is 0 Å². The summed E-state index contributed by atoms with van der Waals surface area (Å²) < 4.78 is 2.64. The van der Waals surface area contributed by atoms with Crippen molar-refractivity contribution in [3.05, 3.63) is 109 Å². The third-order valence-corrected chi connectivity index (χ3v) is 6.80. The van der Waals surface area contributed by atoms with E-state index in [0.717, 1.165) is 11.4 Å². The van der Waals surface area contributed by atoms with Gasteiger partial charge in [-0.2, -0.15) is 0 Å². The van der Waals surface area contributed by atoms with Crippen molar-refractivity contribution < 1.29 is 0 Å². The van der Waals surface area contributed by atoms with Crippen LogP contribution in [0.25, 0.3) is 42.1 Å². The average molecular weight is 402 g/mol. The van der Waals surface area contributed by atoms with E-state index in [9.17, 15) is 0 Å². The van der Waals surface area contributed by atoms with Crippen molar-refractivity contribution in [3.8, 4) is 11.1 Å². The van der Waals surface area contributed by atoms with Crippen LogP contribution >= 0.6 is 11.3 Å². The molecular weight excluding hydrogens is 382 g/mol. The van der Waals surface area contributed by atoms with Crippen LogP contribution in [0.15, 0.2) is 109 Å². The van der Waals surface area contributed by atoms with Gasteiger partial charge in [-0.1, -0.05) is 78.9 Å². The molecule has 0 bridgehead atoms. The van der Waals surface area contributed by atoms with E-state index in [2.05, 4.69) is 115 Å². The minimum absolute atomic E-state index is 1.10. The molecular formula is C28H19NS. The summed E-state index contributed by atoms with van der Waals surface area (Å²) in [6.07, 6.45) is 0. The summed E-state index contributed by atoms with van der Waals surface area (Å²) in [5.41, 5.74) is 4.76. The standard InChI is InChI=1S/C28H19NS/c1-2-9-22-19(7-1)8-5-11-23(22)20-15-17-21(18-16-20)29-25-12-6-14-27-28(25)24-10-3-4-13-26(24)30-27/h1-18,29H. The monoisotopic (exact) mass is 401 g/mol. The Kier molecular flexibility index (Phi) is 4.03. The first-order valence-electron chi connectivity index (χ1n) is 10.1. The summed E-state index contributed by atoms with van der Waals surface area (Å²) in [7, 11) is 0. The number of thiophene rings is 1. The Morgan fingerprint density at radius 3 is 2.13 bits per heavy atom. The summed E-state index contributed by atoms with van der Waals surface area (Å²) in [5, 5.41) is 8.82. The average Bonchev–Trinajstić information content (AvgIpc) is 3.19. The van der Waals surface area contributed by atoms with Gasteiger partial charge < -0.3 is 5.32 Å². The highest BCUT2D eigenvalue weighted by Crippen LogP contribution is 2.39. The number of hydrogen-bond acceptors (Lipinski definition) is 2. The Morgan fingerprint density at radius 2 is 1.23 bits per heavy atom. The van der Waals surface area contributed by atoms with Gasteiger partial charge in [-0.05, 0) is 52.2 Å². The SMILES string of the molecule is c1ccc2c(-c3ccc(Nc4cccc5sc6ccccc6c45)cc3)cccc2c1. The van der Waals surface area contributed by atoms with Crippen molar-refractivity contribution in [1.82, 2.24) is 0 Å². The summed E-state index contributed by atoms with van der Waals surface area (Å²) in [6.45, 7) is 0. The Bertz CT molecular complexity index is 1500. The summed E-state index contributed by atoms with van der Waals surface area (Å²) >= 11 is 1.85. The van der Waals surface area contributed by atoms with Crippen molar-refractivity contribution in [2.75, 3.05) is 5.32 Å². The van der Waals surface area contributed by atoms with Gasteiger partial charge in [-0.15, -0.1) is 11.3 Å². The fraction of sp³-hybridized carbons (Fsp3) is 0. The molecule has 0 aliphatic carbocycles. The van der Waals surface area contributed by atoms with Crippen LogP contribution in [0.1, 0.15) is 0 Å². The lowest BCUT2D eigenvalue weighted by Gasteiger charge is -2.11. The molecule has 1 heterocycles. The normalized spacial score (nSPS) is 11.3. The van der Waals surface area contributed by atoms with Crippen molar-refractivity contribution in [2.45, 2.75) is 0 Å². The van der Waals surface area contributed by atoms with Crippen LogP contribution < -0.4 is 5.32 Å². The first-order chi connectivity index (χ1) is 14.9. The maximum Gasteiger partial charge on any atom is 0.0478 e. The van der Waals surface area contributed by atoms with E-state index in [4.69, 9.17) is 0 Å². The smallest absolute Gasteiger partial charge is 0.0478 e. The third kappa shape index (κ3) is 2.85. The second-order valence-electron chi connectivity index (χ2n) is 7.51. The number of rotatable bonds is 3. The molecule has 5 aromatic carbocycles. The van der Waals surface area contributed by atoms with E-state index in [1.54, 1.807) is 0 Å². The van der Waals surface area contributed by atoms with Gasteiger partial charge in [0.25, 0.3) is 0 Å². The number of fused-ring (bicyclic) bond motifs is 4. The van der Waals surface area contributed by atoms with Crippen LogP contribution in [0.3, 0.4) is 0 Å². The zero-order chi connectivity index (χ0) is 19.9. The topological polar surface area (TPSA) is 12.0 Å². The Labute approximate surface area is 179 Å². The lowest BCUT2D eigenvalue weighted by atomic mass is 9.98. The maximum atomic E-state index is 3.65. The molecule has 30 heavy (non-hydrogen) atoms. The van der Waals surface area contributed by atoms with Crippen molar-refractivity contribution in [1.29, 1.82) is 0 Å². The fourth-order valence-corrected chi connectivity index (χ4v) is 5.38. The molecule has 6 rings (SSSR count). The molecule has 1 N–H and O–H groups in total. The van der Waals surface area contributed by atoms with E-state index < -0.39 is 0 Å². The molecule has 142 valence electrons. The lowest BCUT2D eigenvalue weighted by molar-refractivity contribution is 1.58. The highest BCUT2D eigenvalue weighted by atomic mass is 32.1. The predicted molar refractivity (Wildman–Crippen MR) is 132 cm³/mol. The van der Waals surface area contributed by atoms with Crippen LogP contribution in [0.2, 0.25) is 0 Å². The molecule has 0 fully saturated rings. The van der Waals surface area contributed by atoms with Crippen LogP contribution in [0.4, 0.5) is 11.4 Å². The summed E-state index contributed by atoms with van der Waals surface area (Å²) in [6, 6.07) is 38.9. The van der Waals surface area contributed by atoms with Crippen molar-refractivity contribution in [3.63, 3.8) is 0 Å². The molecule has 1 aromatic heterocycles. The second kappa shape index (κ2) is 7.01. The van der Waals surface area contributed by atoms with Gasteiger partial charge in [0.2, 0.25) is 0 Å². The molecule has 0 aliphatic heterocycles. The van der Waals surface area contributed by atoms with Gasteiger partial charge in [0.05, 0.1) is 0 Å². The molecule has 1 nitrogen and oxygen atoms in total. The minimum atomic E-state index is 1.10. The van der Waals surface area contributed by atoms with Crippen LogP contribution in [-0.2, 0) is 0 Å². The first kappa shape index (κ1) is 17.3. The van der Waals surface area contributed by atoms with Gasteiger partial charge in [-0.3, -0.25) is 0 Å². The number of hydrogen-bond donors (Lipinski definition) is 1. The Balaban J connectivity index is 1.39. The van der Waals surface area contributed by atoms with Gasteiger partial charge in [0, 0.05) is 31.5 Å². The van der Waals surface area contributed by atoms with E-state index in [0.29, 0.717) is 0 Å². The fourth-order valence-electron chi connectivity index (χ4n) is 4.24. The van der Waals surface area contributed by atoms with Crippen LogP contribution in [0.5, 0.6) is 0 Å². The minimum Gasteiger partial charge on any atom is -0.355 e. The highest BCUT2D eigenvalue weighted by molar-refractivity contribution is 7.25. The second-order valence-corrected chi connectivity index (χ2v) is 8.59. The van der Waals surface area contributed by atoms with E-state index in [1.165, 1.54) is 42.1 Å². The number of nitrogens with one attached hydrogen (secondary N) is 1. The molecule has 0 aliphatic rings. The molecule has 0 saturated heterocycles. The largest absolute Gasteiger partial charge is 0.355 e. The predicted octanol–water partition coefficient (Wildman–Crippen LogP) is 8.62.